The molecule has 0 bridgehead atoms. The van der Waals surface area contributed by atoms with E-state index in [2.05, 4.69) is 0 Å². The summed E-state index contributed by atoms with van der Waals surface area (Å²) >= 11 is 0. The Hall–Kier alpha value is -1.55. The maximum Gasteiger partial charge on any atom is 0.166 e. The quantitative estimate of drug-likeness (QED) is 0.540. The fourth-order valence-corrected chi connectivity index (χ4v) is 1.54. The van der Waals surface area contributed by atoms with Gasteiger partial charge in [-0.05, 0) is 24.6 Å². The van der Waals surface area contributed by atoms with Crippen molar-refractivity contribution >= 4 is 5.78 Å². The maximum absolute atomic E-state index is 12.0. The van der Waals surface area contributed by atoms with Crippen molar-refractivity contribution in [3.05, 3.63) is 23.8 Å². The summed E-state index contributed by atoms with van der Waals surface area (Å²) < 4.78 is 15.2. The molecule has 0 amide bonds. The van der Waals surface area contributed by atoms with Crippen molar-refractivity contribution in [2.75, 3.05) is 27.9 Å². The molecule has 4 heteroatoms. The van der Waals surface area contributed by atoms with Crippen LogP contribution < -0.4 is 9.47 Å². The highest BCUT2D eigenvalue weighted by Crippen LogP contribution is 2.25. The van der Waals surface area contributed by atoms with Crippen LogP contribution in [0.5, 0.6) is 11.5 Å². The van der Waals surface area contributed by atoms with E-state index >= 15 is 0 Å². The van der Waals surface area contributed by atoms with Crippen molar-refractivity contribution in [1.82, 2.24) is 0 Å². The van der Waals surface area contributed by atoms with E-state index in [-0.39, 0.29) is 5.78 Å². The summed E-state index contributed by atoms with van der Waals surface area (Å²) in [4.78, 5) is 12.0. The van der Waals surface area contributed by atoms with E-state index in [1.54, 1.807) is 39.5 Å². The Labute approximate surface area is 101 Å². The fourth-order valence-electron chi connectivity index (χ4n) is 1.54. The Morgan fingerprint density at radius 1 is 1.18 bits per heavy atom. The largest absolute Gasteiger partial charge is 0.497 e. The molecule has 0 aliphatic carbocycles. The number of ether oxygens (including phenoxy) is 3. The van der Waals surface area contributed by atoms with Crippen LogP contribution in [0.15, 0.2) is 18.2 Å². The fraction of sp³-hybridized carbons (Fsp3) is 0.462. The van der Waals surface area contributed by atoms with Crippen LogP contribution >= 0.6 is 0 Å². The Bertz CT molecular complexity index is 374. The van der Waals surface area contributed by atoms with Crippen molar-refractivity contribution in [2.24, 2.45) is 0 Å². The van der Waals surface area contributed by atoms with Crippen molar-refractivity contribution in [1.29, 1.82) is 0 Å². The normalized spacial score (nSPS) is 10.1. The van der Waals surface area contributed by atoms with Crippen LogP contribution in [0.1, 0.15) is 23.2 Å². The van der Waals surface area contributed by atoms with Gasteiger partial charge in [-0.25, -0.2) is 0 Å². The van der Waals surface area contributed by atoms with E-state index in [1.165, 1.54) is 0 Å². The second kappa shape index (κ2) is 6.91. The van der Waals surface area contributed by atoms with E-state index in [9.17, 15) is 4.79 Å². The van der Waals surface area contributed by atoms with E-state index in [1.807, 2.05) is 0 Å². The maximum atomic E-state index is 12.0. The third-order valence-corrected chi connectivity index (χ3v) is 2.46. The summed E-state index contributed by atoms with van der Waals surface area (Å²) in [6.45, 7) is 0.581. The lowest BCUT2D eigenvalue weighted by atomic mass is 10.1. The van der Waals surface area contributed by atoms with Gasteiger partial charge in [0.1, 0.15) is 11.5 Å². The Morgan fingerprint density at radius 3 is 2.53 bits per heavy atom. The highest BCUT2D eigenvalue weighted by Gasteiger charge is 2.13. The van der Waals surface area contributed by atoms with Crippen molar-refractivity contribution < 1.29 is 19.0 Å². The number of Topliss-reactive ketones (excluding diaryl/α,β-unsaturated/α-hetero) is 1. The molecule has 0 fully saturated rings. The summed E-state index contributed by atoms with van der Waals surface area (Å²) in [7, 11) is 4.74. The molecule has 0 aliphatic rings. The standard InChI is InChI=1S/C13H18O4/c1-15-8-4-5-12(14)11-9-10(16-2)6-7-13(11)17-3/h6-7,9H,4-5,8H2,1-3H3. The molecule has 0 unspecified atom stereocenters. The van der Waals surface area contributed by atoms with Crippen molar-refractivity contribution in [2.45, 2.75) is 12.8 Å². The minimum absolute atomic E-state index is 0.0396. The highest BCUT2D eigenvalue weighted by atomic mass is 16.5. The van der Waals surface area contributed by atoms with Crippen LogP contribution in [0.2, 0.25) is 0 Å². The summed E-state index contributed by atoms with van der Waals surface area (Å²) in [6.07, 6.45) is 1.15. The first kappa shape index (κ1) is 13.5. The van der Waals surface area contributed by atoms with E-state index in [0.717, 1.165) is 0 Å². The minimum atomic E-state index is 0.0396. The molecule has 1 rings (SSSR count). The molecule has 1 aromatic rings. The van der Waals surface area contributed by atoms with Gasteiger partial charge in [-0.3, -0.25) is 4.79 Å². The molecule has 0 aliphatic heterocycles. The zero-order valence-corrected chi connectivity index (χ0v) is 10.5. The zero-order valence-electron chi connectivity index (χ0n) is 10.5. The van der Waals surface area contributed by atoms with Gasteiger partial charge in [0.15, 0.2) is 5.78 Å². The van der Waals surface area contributed by atoms with Crippen LogP contribution in [0.3, 0.4) is 0 Å². The molecule has 17 heavy (non-hydrogen) atoms. The molecule has 0 N–H and O–H groups in total. The van der Waals surface area contributed by atoms with Crippen LogP contribution in [-0.2, 0) is 4.74 Å². The molecular formula is C13H18O4. The van der Waals surface area contributed by atoms with Crippen molar-refractivity contribution in [3.8, 4) is 11.5 Å². The minimum Gasteiger partial charge on any atom is -0.497 e. The molecule has 0 atom stereocenters. The number of carbonyl (C=O) groups is 1. The SMILES string of the molecule is COCCCC(=O)c1cc(OC)ccc1OC. The predicted octanol–water partition coefficient (Wildman–Crippen LogP) is 2.31. The van der Waals surface area contributed by atoms with Gasteiger partial charge in [-0.15, -0.1) is 0 Å². The molecule has 0 spiro atoms. The number of ketones is 1. The molecule has 0 heterocycles. The number of hydrogen-bond donors (Lipinski definition) is 0. The first-order chi connectivity index (χ1) is 8.22. The molecule has 0 saturated carbocycles. The predicted molar refractivity (Wildman–Crippen MR) is 65.0 cm³/mol. The van der Waals surface area contributed by atoms with Gasteiger partial charge < -0.3 is 14.2 Å². The number of rotatable bonds is 7. The zero-order chi connectivity index (χ0) is 12.7. The van der Waals surface area contributed by atoms with Gasteiger partial charge >= 0.3 is 0 Å². The Balaban J connectivity index is 2.82. The number of methoxy groups -OCH3 is 3. The van der Waals surface area contributed by atoms with Gasteiger partial charge in [0.05, 0.1) is 19.8 Å². The average molecular weight is 238 g/mol. The van der Waals surface area contributed by atoms with Gasteiger partial charge in [-0.1, -0.05) is 0 Å². The first-order valence-electron chi connectivity index (χ1n) is 5.47. The number of benzene rings is 1. The van der Waals surface area contributed by atoms with Gasteiger partial charge in [0, 0.05) is 20.1 Å². The molecular weight excluding hydrogens is 220 g/mol. The highest BCUT2D eigenvalue weighted by molar-refractivity contribution is 5.99. The third kappa shape index (κ3) is 3.75. The van der Waals surface area contributed by atoms with Crippen LogP contribution in [-0.4, -0.2) is 33.7 Å². The van der Waals surface area contributed by atoms with Crippen LogP contribution in [0, 0.1) is 0 Å². The lowest BCUT2D eigenvalue weighted by Crippen LogP contribution is -2.04. The molecule has 94 valence electrons. The molecule has 0 aromatic heterocycles. The average Bonchev–Trinajstić information content (AvgIpc) is 2.38. The number of carbonyl (C=O) groups excluding carboxylic acids is 1. The summed E-state index contributed by atoms with van der Waals surface area (Å²) in [5.74, 6) is 1.27. The molecule has 0 saturated heterocycles. The van der Waals surface area contributed by atoms with Crippen molar-refractivity contribution in [3.63, 3.8) is 0 Å². The summed E-state index contributed by atoms with van der Waals surface area (Å²) in [6, 6.07) is 5.21. The summed E-state index contributed by atoms with van der Waals surface area (Å²) in [5.41, 5.74) is 0.558. The third-order valence-electron chi connectivity index (χ3n) is 2.46. The van der Waals surface area contributed by atoms with E-state index in [4.69, 9.17) is 14.2 Å². The van der Waals surface area contributed by atoms with Gasteiger partial charge in [0.2, 0.25) is 0 Å². The van der Waals surface area contributed by atoms with Gasteiger partial charge in [-0.2, -0.15) is 0 Å². The Kier molecular flexibility index (Phi) is 5.49. The monoisotopic (exact) mass is 238 g/mol. The van der Waals surface area contributed by atoms with E-state index in [0.29, 0.717) is 36.5 Å². The molecule has 1 aromatic carbocycles. The molecule has 0 radical (unpaired) electrons. The van der Waals surface area contributed by atoms with Crippen LogP contribution in [0.4, 0.5) is 0 Å². The van der Waals surface area contributed by atoms with E-state index < -0.39 is 0 Å². The summed E-state index contributed by atoms with van der Waals surface area (Å²) in [5, 5.41) is 0. The lowest BCUT2D eigenvalue weighted by Gasteiger charge is -2.09. The molecule has 4 nitrogen and oxygen atoms in total. The second-order valence-corrected chi connectivity index (χ2v) is 3.59. The number of hydrogen-bond acceptors (Lipinski definition) is 4. The van der Waals surface area contributed by atoms with Crippen LogP contribution in [0.25, 0.3) is 0 Å². The Morgan fingerprint density at radius 2 is 1.94 bits per heavy atom. The van der Waals surface area contributed by atoms with Gasteiger partial charge in [0.25, 0.3) is 0 Å². The smallest absolute Gasteiger partial charge is 0.166 e. The topological polar surface area (TPSA) is 44.8 Å². The lowest BCUT2D eigenvalue weighted by molar-refractivity contribution is 0.0960. The first-order valence-corrected chi connectivity index (χ1v) is 5.47. The second-order valence-electron chi connectivity index (χ2n) is 3.59.